The summed E-state index contributed by atoms with van der Waals surface area (Å²) in [7, 11) is 1.61. The predicted molar refractivity (Wildman–Crippen MR) is 75.6 cm³/mol. The number of hydrogen-bond acceptors (Lipinski definition) is 3. The van der Waals surface area contributed by atoms with E-state index in [1.54, 1.807) is 16.9 Å². The highest BCUT2D eigenvalue weighted by Crippen LogP contribution is 2.18. The largest absolute Gasteiger partial charge is 0.481 e. The first-order chi connectivity index (χ1) is 9.45. The van der Waals surface area contributed by atoms with Crippen molar-refractivity contribution in [3.05, 3.63) is 0 Å². The Morgan fingerprint density at radius 3 is 2.70 bits per heavy atom. The minimum Gasteiger partial charge on any atom is -0.481 e. The summed E-state index contributed by atoms with van der Waals surface area (Å²) in [6, 6.07) is -0.0679. The van der Waals surface area contributed by atoms with Gasteiger partial charge in [-0.3, -0.25) is 4.79 Å². The molecule has 116 valence electrons. The second-order valence-corrected chi connectivity index (χ2v) is 5.74. The zero-order valence-corrected chi connectivity index (χ0v) is 12.7. The lowest BCUT2D eigenvalue weighted by molar-refractivity contribution is -0.143. The van der Waals surface area contributed by atoms with Gasteiger partial charge in [0.25, 0.3) is 0 Å². The molecule has 0 aromatic heterocycles. The highest BCUT2D eigenvalue weighted by molar-refractivity contribution is 5.76. The van der Waals surface area contributed by atoms with Crippen LogP contribution in [0.5, 0.6) is 0 Å². The van der Waals surface area contributed by atoms with Crippen molar-refractivity contribution in [1.29, 1.82) is 0 Å². The van der Waals surface area contributed by atoms with Crippen molar-refractivity contribution in [2.75, 3.05) is 39.9 Å². The Labute approximate surface area is 120 Å². The lowest BCUT2D eigenvalue weighted by atomic mass is 9.98. The zero-order valence-electron chi connectivity index (χ0n) is 12.7. The van der Waals surface area contributed by atoms with Gasteiger partial charge in [0.1, 0.15) is 0 Å². The maximum Gasteiger partial charge on any atom is 0.320 e. The smallest absolute Gasteiger partial charge is 0.320 e. The SMILES string of the molecule is COCCN(CC(C)C)C(=O)N1CCC[C@H](C(=O)O)C1. The molecule has 0 spiro atoms. The molecule has 0 saturated carbocycles. The number of urea groups is 1. The van der Waals surface area contributed by atoms with E-state index in [9.17, 15) is 9.59 Å². The van der Waals surface area contributed by atoms with Crippen LogP contribution in [0.4, 0.5) is 4.79 Å². The fraction of sp³-hybridized carbons (Fsp3) is 0.857. The normalized spacial score (nSPS) is 19.2. The number of carbonyl (C=O) groups is 2. The Morgan fingerprint density at radius 2 is 2.15 bits per heavy atom. The van der Waals surface area contributed by atoms with E-state index >= 15 is 0 Å². The van der Waals surface area contributed by atoms with Gasteiger partial charge >= 0.3 is 12.0 Å². The van der Waals surface area contributed by atoms with E-state index in [-0.39, 0.29) is 6.03 Å². The van der Waals surface area contributed by atoms with E-state index in [1.165, 1.54) is 0 Å². The molecule has 0 bridgehead atoms. The average molecular weight is 286 g/mol. The minimum atomic E-state index is -0.810. The quantitative estimate of drug-likeness (QED) is 0.803. The molecular formula is C14H26N2O4. The molecule has 1 aliphatic rings. The summed E-state index contributed by atoms with van der Waals surface area (Å²) < 4.78 is 5.04. The summed E-state index contributed by atoms with van der Waals surface area (Å²) in [4.78, 5) is 27.0. The molecule has 0 unspecified atom stereocenters. The van der Waals surface area contributed by atoms with E-state index in [0.29, 0.717) is 45.1 Å². The van der Waals surface area contributed by atoms with Crippen LogP contribution in [-0.4, -0.2) is 66.8 Å². The second kappa shape index (κ2) is 8.09. The third-order valence-corrected chi connectivity index (χ3v) is 3.46. The van der Waals surface area contributed by atoms with Gasteiger partial charge in [0.15, 0.2) is 0 Å². The van der Waals surface area contributed by atoms with Gasteiger partial charge in [-0.15, -0.1) is 0 Å². The molecule has 0 radical (unpaired) electrons. The Bertz CT molecular complexity index is 333. The Balaban J connectivity index is 2.64. The molecule has 1 heterocycles. The van der Waals surface area contributed by atoms with Crippen molar-refractivity contribution in [3.8, 4) is 0 Å². The van der Waals surface area contributed by atoms with Crippen molar-refractivity contribution in [2.24, 2.45) is 11.8 Å². The highest BCUT2D eigenvalue weighted by Gasteiger charge is 2.30. The summed E-state index contributed by atoms with van der Waals surface area (Å²) >= 11 is 0. The molecule has 2 amide bonds. The molecule has 1 saturated heterocycles. The fourth-order valence-electron chi connectivity index (χ4n) is 2.46. The predicted octanol–water partition coefficient (Wildman–Crippen LogP) is 1.51. The van der Waals surface area contributed by atoms with Gasteiger partial charge in [-0.2, -0.15) is 0 Å². The number of likely N-dealkylation sites (tertiary alicyclic amines) is 1. The fourth-order valence-corrected chi connectivity index (χ4v) is 2.46. The van der Waals surface area contributed by atoms with Gasteiger partial charge in [0.05, 0.1) is 12.5 Å². The molecule has 1 atom stereocenters. The third kappa shape index (κ3) is 5.00. The monoisotopic (exact) mass is 286 g/mol. The van der Waals surface area contributed by atoms with Crippen LogP contribution in [0.2, 0.25) is 0 Å². The standard InChI is InChI=1S/C14H26N2O4/c1-11(2)9-16(7-8-20-3)14(19)15-6-4-5-12(10-15)13(17)18/h11-12H,4-10H2,1-3H3,(H,17,18)/t12-/m0/s1. The Hall–Kier alpha value is -1.30. The average Bonchev–Trinajstić information content (AvgIpc) is 2.42. The summed E-state index contributed by atoms with van der Waals surface area (Å²) in [6.45, 7) is 6.78. The molecule has 1 N–H and O–H groups in total. The van der Waals surface area contributed by atoms with Crippen LogP contribution in [0.25, 0.3) is 0 Å². The number of ether oxygens (including phenoxy) is 1. The molecule has 1 rings (SSSR count). The van der Waals surface area contributed by atoms with Gasteiger partial charge in [-0.1, -0.05) is 13.8 Å². The lowest BCUT2D eigenvalue weighted by Crippen LogP contribution is -2.50. The number of amides is 2. The van der Waals surface area contributed by atoms with Crippen molar-refractivity contribution in [1.82, 2.24) is 9.80 Å². The van der Waals surface area contributed by atoms with E-state index in [2.05, 4.69) is 13.8 Å². The lowest BCUT2D eigenvalue weighted by Gasteiger charge is -2.35. The van der Waals surface area contributed by atoms with Crippen LogP contribution in [0, 0.1) is 11.8 Å². The zero-order chi connectivity index (χ0) is 15.1. The number of nitrogens with zero attached hydrogens (tertiary/aromatic N) is 2. The van der Waals surface area contributed by atoms with Gasteiger partial charge in [-0.05, 0) is 18.8 Å². The van der Waals surface area contributed by atoms with E-state index < -0.39 is 11.9 Å². The van der Waals surface area contributed by atoms with E-state index in [1.807, 2.05) is 0 Å². The highest BCUT2D eigenvalue weighted by atomic mass is 16.5. The molecule has 6 nitrogen and oxygen atoms in total. The number of aliphatic carboxylic acids is 1. The van der Waals surface area contributed by atoms with Gasteiger partial charge < -0.3 is 19.6 Å². The number of carbonyl (C=O) groups excluding carboxylic acids is 1. The van der Waals surface area contributed by atoms with Crippen LogP contribution in [0.3, 0.4) is 0 Å². The van der Waals surface area contributed by atoms with Crippen molar-refractivity contribution in [2.45, 2.75) is 26.7 Å². The maximum absolute atomic E-state index is 12.5. The number of piperidine rings is 1. The molecule has 1 aliphatic heterocycles. The van der Waals surface area contributed by atoms with E-state index in [4.69, 9.17) is 9.84 Å². The third-order valence-electron chi connectivity index (χ3n) is 3.46. The minimum absolute atomic E-state index is 0.0679. The van der Waals surface area contributed by atoms with Crippen molar-refractivity contribution >= 4 is 12.0 Å². The molecule has 0 aliphatic carbocycles. The number of rotatable bonds is 6. The number of carboxylic acid groups (broad SMARTS) is 1. The molecule has 6 heteroatoms. The number of carboxylic acids is 1. The number of methoxy groups -OCH3 is 1. The second-order valence-electron chi connectivity index (χ2n) is 5.74. The Kier molecular flexibility index (Phi) is 6.78. The first-order valence-electron chi connectivity index (χ1n) is 7.21. The molecule has 0 aromatic rings. The molecule has 0 aromatic carbocycles. The summed E-state index contributed by atoms with van der Waals surface area (Å²) in [6.07, 6.45) is 1.41. The molecular weight excluding hydrogens is 260 g/mol. The van der Waals surface area contributed by atoms with Gasteiger partial charge in [0, 0.05) is 33.3 Å². The summed E-state index contributed by atoms with van der Waals surface area (Å²) in [5.74, 6) is -0.873. The maximum atomic E-state index is 12.5. The summed E-state index contributed by atoms with van der Waals surface area (Å²) in [5, 5.41) is 9.09. The molecule has 20 heavy (non-hydrogen) atoms. The van der Waals surface area contributed by atoms with E-state index in [0.717, 1.165) is 6.42 Å². The van der Waals surface area contributed by atoms with Crippen molar-refractivity contribution < 1.29 is 19.4 Å². The van der Waals surface area contributed by atoms with Crippen LogP contribution in [0.1, 0.15) is 26.7 Å². The van der Waals surface area contributed by atoms with Gasteiger partial charge in [0.2, 0.25) is 0 Å². The van der Waals surface area contributed by atoms with Gasteiger partial charge in [-0.25, -0.2) is 4.79 Å². The van der Waals surface area contributed by atoms with Crippen molar-refractivity contribution in [3.63, 3.8) is 0 Å². The number of hydrogen-bond donors (Lipinski definition) is 1. The first-order valence-corrected chi connectivity index (χ1v) is 7.21. The Morgan fingerprint density at radius 1 is 1.45 bits per heavy atom. The summed E-state index contributed by atoms with van der Waals surface area (Å²) in [5.41, 5.74) is 0. The topological polar surface area (TPSA) is 70.1 Å². The van der Waals surface area contributed by atoms with Crippen LogP contribution >= 0.6 is 0 Å². The molecule has 1 fully saturated rings. The van der Waals surface area contributed by atoms with Crippen LogP contribution in [-0.2, 0) is 9.53 Å². The van der Waals surface area contributed by atoms with Crippen LogP contribution in [0.15, 0.2) is 0 Å². The first kappa shape index (κ1) is 16.8. The van der Waals surface area contributed by atoms with Crippen LogP contribution < -0.4 is 0 Å².